The molecule has 2 rings (SSSR count). The SMILES string of the molecule is COc1cc(C=O)ccc1OCc1cccc(C#N)c1. The number of methoxy groups -OCH3 is 1. The van der Waals surface area contributed by atoms with E-state index in [1.807, 2.05) is 12.1 Å². The summed E-state index contributed by atoms with van der Waals surface area (Å²) in [6, 6.07) is 14.3. The molecule has 0 unspecified atom stereocenters. The second-order valence-electron chi connectivity index (χ2n) is 4.13. The molecular formula is C16H13NO3. The first-order valence-corrected chi connectivity index (χ1v) is 6.02. The highest BCUT2D eigenvalue weighted by atomic mass is 16.5. The van der Waals surface area contributed by atoms with Gasteiger partial charge in [0.1, 0.15) is 12.9 Å². The molecule has 0 aliphatic heterocycles. The third-order valence-corrected chi connectivity index (χ3v) is 2.77. The standard InChI is InChI=1S/C16H13NO3/c1-19-16-8-13(10-18)5-6-15(16)20-11-14-4-2-3-12(7-14)9-17/h2-8,10H,11H2,1H3. The minimum Gasteiger partial charge on any atom is -0.493 e. The van der Waals surface area contributed by atoms with Crippen LogP contribution in [-0.2, 0) is 6.61 Å². The van der Waals surface area contributed by atoms with E-state index in [4.69, 9.17) is 14.7 Å². The minimum atomic E-state index is 0.326. The molecule has 0 N–H and O–H groups in total. The van der Waals surface area contributed by atoms with E-state index in [9.17, 15) is 4.79 Å². The highest BCUT2D eigenvalue weighted by Gasteiger charge is 2.06. The van der Waals surface area contributed by atoms with Crippen LogP contribution in [-0.4, -0.2) is 13.4 Å². The fourth-order valence-electron chi connectivity index (χ4n) is 1.77. The molecule has 20 heavy (non-hydrogen) atoms. The Kier molecular flexibility index (Phi) is 4.35. The number of nitriles is 1. The van der Waals surface area contributed by atoms with E-state index < -0.39 is 0 Å². The van der Waals surface area contributed by atoms with Gasteiger partial charge in [0.15, 0.2) is 11.5 Å². The molecular weight excluding hydrogens is 254 g/mol. The molecule has 0 aliphatic rings. The molecule has 0 bridgehead atoms. The van der Waals surface area contributed by atoms with Gasteiger partial charge in [0.25, 0.3) is 0 Å². The van der Waals surface area contributed by atoms with Gasteiger partial charge < -0.3 is 9.47 Å². The second kappa shape index (κ2) is 6.39. The molecule has 0 radical (unpaired) electrons. The van der Waals surface area contributed by atoms with Gasteiger partial charge in [0.2, 0.25) is 0 Å². The average Bonchev–Trinajstić information content (AvgIpc) is 2.52. The van der Waals surface area contributed by atoms with Crippen molar-refractivity contribution in [1.82, 2.24) is 0 Å². The third-order valence-electron chi connectivity index (χ3n) is 2.77. The first kappa shape index (κ1) is 13.6. The van der Waals surface area contributed by atoms with Gasteiger partial charge in [-0.1, -0.05) is 12.1 Å². The van der Waals surface area contributed by atoms with Gasteiger partial charge in [-0.3, -0.25) is 4.79 Å². The molecule has 100 valence electrons. The first-order valence-electron chi connectivity index (χ1n) is 6.02. The van der Waals surface area contributed by atoms with E-state index in [2.05, 4.69) is 6.07 Å². The fourth-order valence-corrected chi connectivity index (χ4v) is 1.77. The Labute approximate surface area is 117 Å². The number of carbonyl (C=O) groups excluding carboxylic acids is 1. The van der Waals surface area contributed by atoms with Crippen LogP contribution in [0.2, 0.25) is 0 Å². The highest BCUT2D eigenvalue weighted by molar-refractivity contribution is 5.76. The molecule has 0 atom stereocenters. The third kappa shape index (κ3) is 3.15. The van der Waals surface area contributed by atoms with Crippen molar-refractivity contribution in [1.29, 1.82) is 5.26 Å². The second-order valence-corrected chi connectivity index (χ2v) is 4.13. The van der Waals surface area contributed by atoms with Crippen LogP contribution < -0.4 is 9.47 Å². The predicted molar refractivity (Wildman–Crippen MR) is 73.9 cm³/mol. The fraction of sp³-hybridized carbons (Fsp3) is 0.125. The number of carbonyl (C=O) groups is 1. The number of nitrogens with zero attached hydrogens (tertiary/aromatic N) is 1. The lowest BCUT2D eigenvalue weighted by Crippen LogP contribution is -1.98. The molecule has 0 fully saturated rings. The van der Waals surface area contributed by atoms with Gasteiger partial charge in [-0.25, -0.2) is 0 Å². The van der Waals surface area contributed by atoms with Crippen molar-refractivity contribution in [3.63, 3.8) is 0 Å². The molecule has 0 aliphatic carbocycles. The summed E-state index contributed by atoms with van der Waals surface area (Å²) in [7, 11) is 1.52. The normalized spacial score (nSPS) is 9.60. The number of hydrogen-bond donors (Lipinski definition) is 0. The van der Waals surface area contributed by atoms with E-state index in [0.717, 1.165) is 11.8 Å². The number of aldehydes is 1. The van der Waals surface area contributed by atoms with Gasteiger partial charge in [-0.2, -0.15) is 5.26 Å². The molecule has 0 spiro atoms. The van der Waals surface area contributed by atoms with Crippen molar-refractivity contribution in [3.05, 3.63) is 59.2 Å². The number of hydrogen-bond acceptors (Lipinski definition) is 4. The Morgan fingerprint density at radius 3 is 2.75 bits per heavy atom. The van der Waals surface area contributed by atoms with Crippen LogP contribution in [0.5, 0.6) is 11.5 Å². The summed E-state index contributed by atoms with van der Waals surface area (Å²) in [6.45, 7) is 0.326. The molecule has 2 aromatic carbocycles. The number of benzene rings is 2. The van der Waals surface area contributed by atoms with E-state index in [1.54, 1.807) is 30.3 Å². The van der Waals surface area contributed by atoms with Crippen LogP contribution in [0.4, 0.5) is 0 Å². The zero-order valence-electron chi connectivity index (χ0n) is 11.0. The van der Waals surface area contributed by atoms with Crippen LogP contribution in [0.3, 0.4) is 0 Å². The number of ether oxygens (including phenoxy) is 2. The van der Waals surface area contributed by atoms with Gasteiger partial charge in [-0.15, -0.1) is 0 Å². The van der Waals surface area contributed by atoms with Crippen molar-refractivity contribution < 1.29 is 14.3 Å². The zero-order valence-corrected chi connectivity index (χ0v) is 11.0. The van der Waals surface area contributed by atoms with E-state index in [-0.39, 0.29) is 0 Å². The minimum absolute atomic E-state index is 0.326. The average molecular weight is 267 g/mol. The molecule has 0 saturated carbocycles. The molecule has 4 nitrogen and oxygen atoms in total. The Bertz CT molecular complexity index is 659. The van der Waals surface area contributed by atoms with Crippen LogP contribution in [0.25, 0.3) is 0 Å². The van der Waals surface area contributed by atoms with Crippen molar-refractivity contribution in [3.8, 4) is 17.6 Å². The van der Waals surface area contributed by atoms with Gasteiger partial charge >= 0.3 is 0 Å². The monoisotopic (exact) mass is 267 g/mol. The lowest BCUT2D eigenvalue weighted by atomic mass is 10.1. The molecule has 0 aromatic heterocycles. The van der Waals surface area contributed by atoms with Crippen molar-refractivity contribution in [2.24, 2.45) is 0 Å². The maximum Gasteiger partial charge on any atom is 0.161 e. The van der Waals surface area contributed by atoms with Crippen molar-refractivity contribution in [2.45, 2.75) is 6.61 Å². The van der Waals surface area contributed by atoms with Gasteiger partial charge in [-0.05, 0) is 35.9 Å². The molecule has 0 amide bonds. The highest BCUT2D eigenvalue weighted by Crippen LogP contribution is 2.28. The van der Waals surface area contributed by atoms with E-state index in [0.29, 0.717) is 29.2 Å². The van der Waals surface area contributed by atoms with Crippen LogP contribution >= 0.6 is 0 Å². The smallest absolute Gasteiger partial charge is 0.161 e. The molecule has 0 saturated heterocycles. The molecule has 0 heterocycles. The Hall–Kier alpha value is -2.80. The lowest BCUT2D eigenvalue weighted by molar-refractivity contribution is 0.112. The Balaban J connectivity index is 2.14. The summed E-state index contributed by atoms with van der Waals surface area (Å²) in [5, 5.41) is 8.84. The Morgan fingerprint density at radius 1 is 1.20 bits per heavy atom. The summed E-state index contributed by atoms with van der Waals surface area (Å²) in [4.78, 5) is 10.7. The summed E-state index contributed by atoms with van der Waals surface area (Å²) in [6.07, 6.45) is 0.753. The van der Waals surface area contributed by atoms with E-state index in [1.165, 1.54) is 7.11 Å². The predicted octanol–water partition coefficient (Wildman–Crippen LogP) is 2.96. The summed E-state index contributed by atoms with van der Waals surface area (Å²) in [5.41, 5.74) is 2.01. The summed E-state index contributed by atoms with van der Waals surface area (Å²) in [5.74, 6) is 1.06. The van der Waals surface area contributed by atoms with Gasteiger partial charge in [0.05, 0.1) is 18.7 Å². The maximum atomic E-state index is 10.7. The number of rotatable bonds is 5. The first-order chi connectivity index (χ1) is 9.76. The summed E-state index contributed by atoms with van der Waals surface area (Å²) >= 11 is 0. The quantitative estimate of drug-likeness (QED) is 0.781. The Morgan fingerprint density at radius 2 is 2.05 bits per heavy atom. The molecule has 4 heteroatoms. The van der Waals surface area contributed by atoms with Crippen LogP contribution in [0.15, 0.2) is 42.5 Å². The van der Waals surface area contributed by atoms with Crippen LogP contribution in [0, 0.1) is 11.3 Å². The summed E-state index contributed by atoms with van der Waals surface area (Å²) < 4.78 is 10.8. The molecule has 2 aromatic rings. The zero-order chi connectivity index (χ0) is 14.4. The van der Waals surface area contributed by atoms with Gasteiger partial charge in [0, 0.05) is 5.56 Å². The maximum absolute atomic E-state index is 10.7. The van der Waals surface area contributed by atoms with Crippen molar-refractivity contribution >= 4 is 6.29 Å². The van der Waals surface area contributed by atoms with Crippen LogP contribution in [0.1, 0.15) is 21.5 Å². The lowest BCUT2D eigenvalue weighted by Gasteiger charge is -2.11. The van der Waals surface area contributed by atoms with Crippen molar-refractivity contribution in [2.75, 3.05) is 7.11 Å². The topological polar surface area (TPSA) is 59.3 Å². The van der Waals surface area contributed by atoms with E-state index >= 15 is 0 Å². The largest absolute Gasteiger partial charge is 0.493 e.